The Balaban J connectivity index is 1.53. The predicted molar refractivity (Wildman–Crippen MR) is 90.1 cm³/mol. The molecular weight excluding hydrogens is 288 g/mol. The highest BCUT2D eigenvalue weighted by molar-refractivity contribution is 5.92. The van der Waals surface area contributed by atoms with Crippen LogP contribution in [-0.2, 0) is 13.1 Å². The van der Waals surface area contributed by atoms with Crippen LogP contribution in [0.25, 0.3) is 0 Å². The first-order chi connectivity index (χ1) is 11.2. The zero-order valence-corrected chi connectivity index (χ0v) is 13.6. The van der Waals surface area contributed by atoms with Gasteiger partial charge in [0, 0.05) is 24.8 Å². The number of aryl methyl sites for hydroxylation is 1. The minimum atomic E-state index is -0.370. The lowest BCUT2D eigenvalue weighted by Gasteiger charge is -2.31. The third kappa shape index (κ3) is 3.79. The van der Waals surface area contributed by atoms with E-state index in [2.05, 4.69) is 23.1 Å². The van der Waals surface area contributed by atoms with E-state index in [9.17, 15) is 4.79 Å². The number of benzene rings is 1. The number of likely N-dealkylation sites (tertiary alicyclic amines) is 1. The van der Waals surface area contributed by atoms with Crippen molar-refractivity contribution in [3.8, 4) is 0 Å². The minimum absolute atomic E-state index is 0.370. The number of carbonyl (C=O) groups excluding carboxylic acids is 1. The molecule has 1 saturated heterocycles. The number of carbonyl (C=O) groups is 1. The number of hydrogen-bond donors (Lipinski definition) is 1. The SMILES string of the molecule is CCn1cc(C2CCN(Cc3ccc(C(N)=O)cc3)CC2)cn1. The molecule has 1 aromatic carbocycles. The van der Waals surface area contributed by atoms with Crippen LogP contribution in [0.2, 0.25) is 0 Å². The molecule has 2 aromatic rings. The van der Waals surface area contributed by atoms with Crippen molar-refractivity contribution in [2.24, 2.45) is 5.73 Å². The molecule has 5 nitrogen and oxygen atoms in total. The molecule has 1 aliphatic rings. The smallest absolute Gasteiger partial charge is 0.248 e. The molecule has 1 amide bonds. The molecule has 0 radical (unpaired) electrons. The van der Waals surface area contributed by atoms with Crippen LogP contribution in [0, 0.1) is 0 Å². The van der Waals surface area contributed by atoms with Gasteiger partial charge in [0.25, 0.3) is 0 Å². The number of aromatic nitrogens is 2. The van der Waals surface area contributed by atoms with E-state index in [0.29, 0.717) is 11.5 Å². The third-order valence-electron chi connectivity index (χ3n) is 4.68. The van der Waals surface area contributed by atoms with Gasteiger partial charge in [-0.2, -0.15) is 5.10 Å². The molecule has 0 bridgehead atoms. The average Bonchev–Trinajstić information content (AvgIpc) is 3.05. The summed E-state index contributed by atoms with van der Waals surface area (Å²) in [5.41, 5.74) is 8.45. The molecule has 1 aromatic heterocycles. The first-order valence-electron chi connectivity index (χ1n) is 8.29. The molecule has 0 atom stereocenters. The van der Waals surface area contributed by atoms with Gasteiger partial charge in [-0.3, -0.25) is 14.4 Å². The van der Waals surface area contributed by atoms with Crippen molar-refractivity contribution in [2.45, 2.75) is 38.8 Å². The number of primary amides is 1. The molecule has 0 spiro atoms. The normalized spacial score (nSPS) is 16.6. The van der Waals surface area contributed by atoms with Crippen molar-refractivity contribution < 1.29 is 4.79 Å². The number of piperidine rings is 1. The Bertz CT molecular complexity index is 654. The monoisotopic (exact) mass is 312 g/mol. The zero-order valence-electron chi connectivity index (χ0n) is 13.6. The quantitative estimate of drug-likeness (QED) is 0.922. The van der Waals surface area contributed by atoms with Gasteiger partial charge < -0.3 is 5.73 Å². The van der Waals surface area contributed by atoms with Crippen LogP contribution in [0.5, 0.6) is 0 Å². The summed E-state index contributed by atoms with van der Waals surface area (Å²) in [6.07, 6.45) is 6.55. The maximum atomic E-state index is 11.1. The summed E-state index contributed by atoms with van der Waals surface area (Å²) in [6, 6.07) is 7.61. The Morgan fingerprint density at radius 3 is 2.52 bits per heavy atom. The first-order valence-corrected chi connectivity index (χ1v) is 8.29. The van der Waals surface area contributed by atoms with Crippen LogP contribution in [0.4, 0.5) is 0 Å². The highest BCUT2D eigenvalue weighted by Gasteiger charge is 2.21. The molecule has 1 fully saturated rings. The minimum Gasteiger partial charge on any atom is -0.366 e. The highest BCUT2D eigenvalue weighted by Crippen LogP contribution is 2.28. The second kappa shape index (κ2) is 6.96. The van der Waals surface area contributed by atoms with Gasteiger partial charge in [-0.25, -0.2) is 0 Å². The summed E-state index contributed by atoms with van der Waals surface area (Å²) >= 11 is 0. The first kappa shape index (κ1) is 15.7. The van der Waals surface area contributed by atoms with Crippen LogP contribution in [0.1, 0.15) is 47.2 Å². The van der Waals surface area contributed by atoms with Crippen LogP contribution < -0.4 is 5.73 Å². The fraction of sp³-hybridized carbons (Fsp3) is 0.444. The molecule has 23 heavy (non-hydrogen) atoms. The Labute approximate surface area is 137 Å². The van der Waals surface area contributed by atoms with Gasteiger partial charge in [0.2, 0.25) is 5.91 Å². The van der Waals surface area contributed by atoms with E-state index in [-0.39, 0.29) is 5.91 Å². The highest BCUT2D eigenvalue weighted by atomic mass is 16.1. The lowest BCUT2D eigenvalue weighted by molar-refractivity contribution is 0.100. The second-order valence-electron chi connectivity index (χ2n) is 6.24. The summed E-state index contributed by atoms with van der Waals surface area (Å²) in [5.74, 6) is 0.258. The van der Waals surface area contributed by atoms with E-state index in [4.69, 9.17) is 5.73 Å². The van der Waals surface area contributed by atoms with E-state index in [1.54, 1.807) is 0 Å². The topological polar surface area (TPSA) is 64.2 Å². The summed E-state index contributed by atoms with van der Waals surface area (Å²) in [4.78, 5) is 13.6. The van der Waals surface area contributed by atoms with Crippen molar-refractivity contribution in [1.29, 1.82) is 0 Å². The predicted octanol–water partition coefficient (Wildman–Crippen LogP) is 2.38. The molecule has 0 unspecified atom stereocenters. The molecule has 2 heterocycles. The summed E-state index contributed by atoms with van der Waals surface area (Å²) in [6.45, 7) is 6.17. The largest absolute Gasteiger partial charge is 0.366 e. The fourth-order valence-electron chi connectivity index (χ4n) is 3.22. The van der Waals surface area contributed by atoms with Gasteiger partial charge in [-0.15, -0.1) is 0 Å². The van der Waals surface area contributed by atoms with Gasteiger partial charge in [-0.05, 0) is 62.0 Å². The standard InChI is InChI=1S/C18H24N4O/c1-2-22-13-17(11-20-22)15-7-9-21(10-8-15)12-14-3-5-16(6-4-14)18(19)23/h3-6,11,13,15H,2,7-10,12H2,1H3,(H2,19,23). The van der Waals surface area contributed by atoms with E-state index >= 15 is 0 Å². The Morgan fingerprint density at radius 2 is 1.96 bits per heavy atom. The molecule has 0 saturated carbocycles. The summed E-state index contributed by atoms with van der Waals surface area (Å²) in [7, 11) is 0. The number of nitrogens with zero attached hydrogens (tertiary/aromatic N) is 3. The second-order valence-corrected chi connectivity index (χ2v) is 6.24. The number of hydrogen-bond acceptors (Lipinski definition) is 3. The van der Waals surface area contributed by atoms with Gasteiger partial charge >= 0.3 is 0 Å². The van der Waals surface area contributed by atoms with Crippen molar-refractivity contribution in [3.05, 3.63) is 53.3 Å². The maximum absolute atomic E-state index is 11.1. The fourth-order valence-corrected chi connectivity index (χ4v) is 3.22. The zero-order chi connectivity index (χ0) is 16.2. The van der Waals surface area contributed by atoms with E-state index in [0.717, 1.165) is 26.2 Å². The van der Waals surface area contributed by atoms with Crippen molar-refractivity contribution in [2.75, 3.05) is 13.1 Å². The molecule has 5 heteroatoms. The number of nitrogens with two attached hydrogens (primary N) is 1. The molecular formula is C18H24N4O. The van der Waals surface area contributed by atoms with Crippen molar-refractivity contribution in [1.82, 2.24) is 14.7 Å². The van der Waals surface area contributed by atoms with Crippen molar-refractivity contribution in [3.63, 3.8) is 0 Å². The molecule has 122 valence electrons. The van der Waals surface area contributed by atoms with Crippen LogP contribution in [0.15, 0.2) is 36.7 Å². The Morgan fingerprint density at radius 1 is 1.26 bits per heavy atom. The van der Waals surface area contributed by atoms with E-state index in [1.807, 2.05) is 35.1 Å². The van der Waals surface area contributed by atoms with Crippen LogP contribution in [-0.4, -0.2) is 33.7 Å². The Kier molecular flexibility index (Phi) is 4.76. The van der Waals surface area contributed by atoms with Crippen molar-refractivity contribution >= 4 is 5.91 Å². The average molecular weight is 312 g/mol. The molecule has 3 rings (SSSR count). The lowest BCUT2D eigenvalue weighted by Crippen LogP contribution is -2.32. The molecule has 0 aliphatic carbocycles. The van der Waals surface area contributed by atoms with Gasteiger partial charge in [0.15, 0.2) is 0 Å². The Hall–Kier alpha value is -2.14. The number of amides is 1. The van der Waals surface area contributed by atoms with Gasteiger partial charge in [0.1, 0.15) is 0 Å². The van der Waals surface area contributed by atoms with Gasteiger partial charge in [0.05, 0.1) is 6.20 Å². The molecule has 2 N–H and O–H groups in total. The summed E-state index contributed by atoms with van der Waals surface area (Å²) in [5, 5.41) is 4.38. The van der Waals surface area contributed by atoms with E-state index in [1.165, 1.54) is 24.0 Å². The van der Waals surface area contributed by atoms with Crippen LogP contribution >= 0.6 is 0 Å². The maximum Gasteiger partial charge on any atom is 0.248 e. The van der Waals surface area contributed by atoms with E-state index < -0.39 is 0 Å². The number of rotatable bonds is 5. The van der Waals surface area contributed by atoms with Crippen LogP contribution in [0.3, 0.4) is 0 Å². The van der Waals surface area contributed by atoms with Gasteiger partial charge in [-0.1, -0.05) is 12.1 Å². The lowest BCUT2D eigenvalue weighted by atomic mass is 9.91. The summed E-state index contributed by atoms with van der Waals surface area (Å²) < 4.78 is 2.00. The third-order valence-corrected chi connectivity index (χ3v) is 4.68. The molecule has 1 aliphatic heterocycles.